The smallest absolute Gasteiger partial charge is 0.419 e. The summed E-state index contributed by atoms with van der Waals surface area (Å²) in [6, 6.07) is 14.8. The maximum Gasteiger partial charge on any atom is 0.419 e. The van der Waals surface area contributed by atoms with E-state index in [1.807, 2.05) is 42.5 Å². The molecule has 3 aromatic rings. The summed E-state index contributed by atoms with van der Waals surface area (Å²) in [5.41, 5.74) is 1.31. The zero-order valence-electron chi connectivity index (χ0n) is 15.7. The van der Waals surface area contributed by atoms with Crippen molar-refractivity contribution in [3.8, 4) is 11.5 Å². The minimum Gasteiger partial charge on any atom is -0.486 e. The van der Waals surface area contributed by atoms with Gasteiger partial charge < -0.3 is 18.8 Å². The van der Waals surface area contributed by atoms with E-state index in [0.29, 0.717) is 43.9 Å². The maximum absolute atomic E-state index is 12.5. The predicted octanol–water partition coefficient (Wildman–Crippen LogP) is 2.67. The molecule has 0 bridgehead atoms. The van der Waals surface area contributed by atoms with Crippen LogP contribution in [0.15, 0.2) is 57.7 Å². The molecule has 1 atom stereocenters. The zero-order chi connectivity index (χ0) is 19.5. The second kappa shape index (κ2) is 7.80. The third kappa shape index (κ3) is 3.74. The SMILES string of the molecule is CN(CC1COc2ccccc2O1)C(=O)CCCn1c(=O)oc2ccccc21. The number of amides is 1. The minimum atomic E-state index is -0.395. The topological polar surface area (TPSA) is 73.9 Å². The zero-order valence-corrected chi connectivity index (χ0v) is 15.7. The Morgan fingerprint density at radius 1 is 1.14 bits per heavy atom. The molecule has 146 valence electrons. The fraction of sp³-hybridized carbons (Fsp3) is 0.333. The number of likely N-dealkylation sites (N-methyl/N-ethyl adjacent to an activating group) is 1. The number of hydrogen-bond donors (Lipinski definition) is 0. The van der Waals surface area contributed by atoms with Crippen molar-refractivity contribution in [1.82, 2.24) is 9.47 Å². The number of benzene rings is 2. The molecule has 0 fully saturated rings. The van der Waals surface area contributed by atoms with E-state index in [9.17, 15) is 9.59 Å². The summed E-state index contributed by atoms with van der Waals surface area (Å²) in [6.07, 6.45) is 0.689. The Bertz CT molecular complexity index is 1040. The fourth-order valence-electron chi connectivity index (χ4n) is 3.37. The second-order valence-corrected chi connectivity index (χ2v) is 6.86. The molecule has 0 N–H and O–H groups in total. The van der Waals surface area contributed by atoms with Gasteiger partial charge in [-0.05, 0) is 30.7 Å². The molecular weight excluding hydrogens is 360 g/mol. The van der Waals surface area contributed by atoms with E-state index in [-0.39, 0.29) is 12.0 Å². The Morgan fingerprint density at radius 3 is 2.75 bits per heavy atom. The van der Waals surface area contributed by atoms with Gasteiger partial charge in [-0.2, -0.15) is 0 Å². The fourth-order valence-corrected chi connectivity index (χ4v) is 3.37. The van der Waals surface area contributed by atoms with Crippen LogP contribution in [0, 0.1) is 0 Å². The molecule has 1 unspecified atom stereocenters. The number of oxazole rings is 1. The summed E-state index contributed by atoms with van der Waals surface area (Å²) < 4.78 is 18.4. The average Bonchev–Trinajstić information content (AvgIpc) is 3.03. The number of carbonyl (C=O) groups excluding carboxylic acids is 1. The number of rotatable bonds is 6. The van der Waals surface area contributed by atoms with Gasteiger partial charge in [-0.25, -0.2) is 4.79 Å². The first kappa shape index (κ1) is 18.2. The van der Waals surface area contributed by atoms with Crippen LogP contribution in [0.5, 0.6) is 11.5 Å². The molecule has 7 nitrogen and oxygen atoms in total. The predicted molar refractivity (Wildman–Crippen MR) is 104 cm³/mol. The van der Waals surface area contributed by atoms with Crippen molar-refractivity contribution in [3.05, 3.63) is 59.1 Å². The van der Waals surface area contributed by atoms with Crippen molar-refractivity contribution < 1.29 is 18.7 Å². The van der Waals surface area contributed by atoms with Gasteiger partial charge in [0.2, 0.25) is 5.91 Å². The van der Waals surface area contributed by atoms with E-state index >= 15 is 0 Å². The molecular formula is C21H22N2O5. The molecule has 7 heteroatoms. The van der Waals surface area contributed by atoms with Gasteiger partial charge in [-0.3, -0.25) is 9.36 Å². The standard InChI is InChI=1S/C21H22N2O5/c1-22(13-15-14-26-18-9-4-5-10-19(18)27-15)20(24)11-6-12-23-16-7-2-3-8-17(16)28-21(23)25/h2-5,7-10,15H,6,11-14H2,1H3. The summed E-state index contributed by atoms with van der Waals surface area (Å²) in [7, 11) is 1.76. The third-order valence-electron chi connectivity index (χ3n) is 4.82. The van der Waals surface area contributed by atoms with Crippen LogP contribution in [-0.4, -0.2) is 41.7 Å². The van der Waals surface area contributed by atoms with Crippen LogP contribution in [0.25, 0.3) is 11.1 Å². The number of fused-ring (bicyclic) bond motifs is 2. The average molecular weight is 382 g/mol. The number of nitrogens with zero attached hydrogens (tertiary/aromatic N) is 2. The molecule has 1 aromatic heterocycles. The molecule has 1 aliphatic heterocycles. The monoisotopic (exact) mass is 382 g/mol. The highest BCUT2D eigenvalue weighted by Crippen LogP contribution is 2.31. The van der Waals surface area contributed by atoms with E-state index < -0.39 is 5.76 Å². The van der Waals surface area contributed by atoms with E-state index in [2.05, 4.69) is 0 Å². The summed E-state index contributed by atoms with van der Waals surface area (Å²) in [4.78, 5) is 26.1. The summed E-state index contributed by atoms with van der Waals surface area (Å²) in [5, 5.41) is 0. The lowest BCUT2D eigenvalue weighted by Crippen LogP contribution is -2.41. The van der Waals surface area contributed by atoms with Gasteiger partial charge >= 0.3 is 5.76 Å². The molecule has 28 heavy (non-hydrogen) atoms. The second-order valence-electron chi connectivity index (χ2n) is 6.86. The number of para-hydroxylation sites is 4. The molecule has 2 aromatic carbocycles. The van der Waals surface area contributed by atoms with Crippen LogP contribution in [0.1, 0.15) is 12.8 Å². The Kier molecular flexibility index (Phi) is 5.06. The molecule has 0 radical (unpaired) electrons. The molecule has 0 spiro atoms. The molecule has 1 amide bonds. The number of carbonyl (C=O) groups is 1. The molecule has 0 saturated heterocycles. The number of ether oxygens (including phenoxy) is 2. The van der Waals surface area contributed by atoms with Crippen LogP contribution >= 0.6 is 0 Å². The Morgan fingerprint density at radius 2 is 1.89 bits per heavy atom. The molecule has 2 heterocycles. The van der Waals surface area contributed by atoms with Crippen LogP contribution in [0.4, 0.5) is 0 Å². The normalized spacial score (nSPS) is 15.5. The third-order valence-corrected chi connectivity index (χ3v) is 4.82. The summed E-state index contributed by atoms with van der Waals surface area (Å²) >= 11 is 0. The van der Waals surface area contributed by atoms with Crippen molar-refractivity contribution in [1.29, 1.82) is 0 Å². The Hall–Kier alpha value is -3.22. The molecule has 1 aliphatic rings. The van der Waals surface area contributed by atoms with E-state index in [0.717, 1.165) is 11.3 Å². The van der Waals surface area contributed by atoms with Crippen molar-refractivity contribution in [2.75, 3.05) is 20.2 Å². The van der Waals surface area contributed by atoms with Gasteiger partial charge in [-0.15, -0.1) is 0 Å². The number of hydrogen-bond acceptors (Lipinski definition) is 5. The van der Waals surface area contributed by atoms with Gasteiger partial charge in [0.15, 0.2) is 23.2 Å². The van der Waals surface area contributed by atoms with Crippen LogP contribution in [-0.2, 0) is 11.3 Å². The Balaban J connectivity index is 1.29. The Labute approximate surface area is 162 Å². The number of aromatic nitrogens is 1. The van der Waals surface area contributed by atoms with Crippen LogP contribution in [0.2, 0.25) is 0 Å². The van der Waals surface area contributed by atoms with Crippen LogP contribution < -0.4 is 15.2 Å². The van der Waals surface area contributed by atoms with Gasteiger partial charge in [0, 0.05) is 20.0 Å². The lowest BCUT2D eigenvalue weighted by atomic mass is 10.2. The maximum atomic E-state index is 12.5. The van der Waals surface area contributed by atoms with Crippen molar-refractivity contribution in [2.45, 2.75) is 25.5 Å². The lowest BCUT2D eigenvalue weighted by Gasteiger charge is -2.29. The first-order valence-electron chi connectivity index (χ1n) is 9.32. The molecule has 0 saturated carbocycles. The van der Waals surface area contributed by atoms with Gasteiger partial charge in [0.1, 0.15) is 6.61 Å². The highest BCUT2D eigenvalue weighted by molar-refractivity contribution is 5.76. The van der Waals surface area contributed by atoms with Crippen molar-refractivity contribution in [2.24, 2.45) is 0 Å². The van der Waals surface area contributed by atoms with Crippen molar-refractivity contribution in [3.63, 3.8) is 0 Å². The van der Waals surface area contributed by atoms with E-state index in [1.54, 1.807) is 22.6 Å². The minimum absolute atomic E-state index is 0.00306. The highest BCUT2D eigenvalue weighted by atomic mass is 16.6. The van der Waals surface area contributed by atoms with Crippen molar-refractivity contribution >= 4 is 17.0 Å². The van der Waals surface area contributed by atoms with E-state index in [4.69, 9.17) is 13.9 Å². The number of aryl methyl sites for hydroxylation is 1. The quantitative estimate of drug-likeness (QED) is 0.655. The van der Waals surface area contributed by atoms with Crippen LogP contribution in [0.3, 0.4) is 0 Å². The van der Waals surface area contributed by atoms with Gasteiger partial charge in [-0.1, -0.05) is 24.3 Å². The van der Waals surface area contributed by atoms with Gasteiger partial charge in [0.05, 0.1) is 12.1 Å². The molecule has 4 rings (SSSR count). The first-order chi connectivity index (χ1) is 13.6. The summed E-state index contributed by atoms with van der Waals surface area (Å²) in [5.74, 6) is 1.04. The molecule has 0 aliphatic carbocycles. The van der Waals surface area contributed by atoms with E-state index in [1.165, 1.54) is 0 Å². The van der Waals surface area contributed by atoms with Gasteiger partial charge in [0.25, 0.3) is 0 Å². The summed E-state index contributed by atoms with van der Waals surface area (Å²) in [6.45, 7) is 1.29. The largest absolute Gasteiger partial charge is 0.486 e. The first-order valence-corrected chi connectivity index (χ1v) is 9.32. The lowest BCUT2D eigenvalue weighted by molar-refractivity contribution is -0.131. The highest BCUT2D eigenvalue weighted by Gasteiger charge is 2.23.